The predicted octanol–water partition coefficient (Wildman–Crippen LogP) is 5.95. The first-order valence-electron chi connectivity index (χ1n) is 11.2. The summed E-state index contributed by atoms with van der Waals surface area (Å²) in [6, 6.07) is 11.3. The number of esters is 1. The molecule has 1 heterocycles. The maximum Gasteiger partial charge on any atom is 0.312 e. The standard InChI is InChI=1S/C25H36N2O3S/c1-18(2)25(5,19(3)4)23(29)30-15-11-6-7-12-16-31-24-26-21(17-22(28)27-24)20-13-9-8-10-14-20/h8-10,13-14,17-19H,6-7,11-12,15-16H2,1-5H3,(H,26,27,28). The van der Waals surface area contributed by atoms with Crippen molar-refractivity contribution in [1.29, 1.82) is 0 Å². The van der Waals surface area contributed by atoms with Crippen LogP contribution in [0.1, 0.15) is 60.3 Å². The Bertz CT molecular complexity index is 870. The van der Waals surface area contributed by atoms with Crippen molar-refractivity contribution in [2.24, 2.45) is 17.3 Å². The minimum absolute atomic E-state index is 0.0821. The van der Waals surface area contributed by atoms with E-state index < -0.39 is 5.41 Å². The average Bonchev–Trinajstić information content (AvgIpc) is 2.74. The fourth-order valence-electron chi connectivity index (χ4n) is 3.45. The van der Waals surface area contributed by atoms with E-state index in [1.807, 2.05) is 37.3 Å². The van der Waals surface area contributed by atoms with Crippen LogP contribution in [0, 0.1) is 17.3 Å². The lowest BCUT2D eigenvalue weighted by Gasteiger charge is -2.35. The van der Waals surface area contributed by atoms with Crippen molar-refractivity contribution < 1.29 is 9.53 Å². The van der Waals surface area contributed by atoms with Gasteiger partial charge in [-0.3, -0.25) is 9.59 Å². The lowest BCUT2D eigenvalue weighted by molar-refractivity contribution is -0.161. The molecule has 0 saturated heterocycles. The molecule has 0 radical (unpaired) electrons. The highest BCUT2D eigenvalue weighted by atomic mass is 32.2. The highest BCUT2D eigenvalue weighted by Crippen LogP contribution is 2.36. The summed E-state index contributed by atoms with van der Waals surface area (Å²) in [5.41, 5.74) is 1.07. The average molecular weight is 445 g/mol. The molecule has 0 fully saturated rings. The number of rotatable bonds is 12. The molecule has 0 aliphatic rings. The Morgan fingerprint density at radius 2 is 1.71 bits per heavy atom. The molecule has 0 unspecified atom stereocenters. The molecule has 0 aliphatic carbocycles. The summed E-state index contributed by atoms with van der Waals surface area (Å²) in [5.74, 6) is 1.30. The predicted molar refractivity (Wildman–Crippen MR) is 128 cm³/mol. The van der Waals surface area contributed by atoms with E-state index in [9.17, 15) is 9.59 Å². The molecular weight excluding hydrogens is 408 g/mol. The van der Waals surface area contributed by atoms with Gasteiger partial charge in [0.1, 0.15) is 0 Å². The van der Waals surface area contributed by atoms with Gasteiger partial charge in [0, 0.05) is 17.4 Å². The van der Waals surface area contributed by atoms with Crippen molar-refractivity contribution >= 4 is 17.7 Å². The second-order valence-corrected chi connectivity index (χ2v) is 9.88. The van der Waals surface area contributed by atoms with Crippen LogP contribution in [-0.2, 0) is 9.53 Å². The van der Waals surface area contributed by atoms with E-state index in [0.717, 1.165) is 37.0 Å². The Kier molecular flexibility index (Phi) is 9.82. The van der Waals surface area contributed by atoms with Crippen LogP contribution in [0.2, 0.25) is 0 Å². The van der Waals surface area contributed by atoms with Crippen LogP contribution in [0.5, 0.6) is 0 Å². The molecular formula is C25H36N2O3S. The van der Waals surface area contributed by atoms with Gasteiger partial charge in [-0.1, -0.05) is 82.6 Å². The van der Waals surface area contributed by atoms with Gasteiger partial charge in [-0.25, -0.2) is 4.98 Å². The highest BCUT2D eigenvalue weighted by molar-refractivity contribution is 7.99. The van der Waals surface area contributed by atoms with Gasteiger partial charge in [-0.05, 0) is 31.6 Å². The third kappa shape index (κ3) is 7.23. The fraction of sp³-hybridized carbons (Fsp3) is 0.560. The van der Waals surface area contributed by atoms with Gasteiger partial charge in [0.15, 0.2) is 5.16 Å². The molecule has 1 aromatic carbocycles. The summed E-state index contributed by atoms with van der Waals surface area (Å²) in [6.45, 7) is 10.8. The zero-order chi connectivity index (χ0) is 22.9. The van der Waals surface area contributed by atoms with Crippen LogP contribution < -0.4 is 5.56 Å². The maximum atomic E-state index is 12.5. The molecule has 6 heteroatoms. The van der Waals surface area contributed by atoms with E-state index in [1.54, 1.807) is 11.8 Å². The molecule has 1 aromatic heterocycles. The summed E-state index contributed by atoms with van der Waals surface area (Å²) in [7, 11) is 0. The first-order valence-corrected chi connectivity index (χ1v) is 12.2. The quantitative estimate of drug-likeness (QED) is 0.189. The van der Waals surface area contributed by atoms with E-state index in [4.69, 9.17) is 4.74 Å². The number of unbranched alkanes of at least 4 members (excludes halogenated alkanes) is 3. The monoisotopic (exact) mass is 444 g/mol. The molecule has 0 aliphatic heterocycles. The Labute approximate surface area is 190 Å². The number of H-pyrrole nitrogens is 1. The van der Waals surface area contributed by atoms with Crippen molar-refractivity contribution in [2.75, 3.05) is 12.4 Å². The summed E-state index contributed by atoms with van der Waals surface area (Å²) in [4.78, 5) is 31.9. The third-order valence-electron chi connectivity index (χ3n) is 6.14. The topological polar surface area (TPSA) is 72.0 Å². The van der Waals surface area contributed by atoms with Crippen LogP contribution in [0.3, 0.4) is 0 Å². The summed E-state index contributed by atoms with van der Waals surface area (Å²) in [6.07, 6.45) is 3.97. The third-order valence-corrected chi connectivity index (χ3v) is 7.10. The number of benzene rings is 1. The smallest absolute Gasteiger partial charge is 0.312 e. The van der Waals surface area contributed by atoms with Crippen LogP contribution in [0.4, 0.5) is 0 Å². The van der Waals surface area contributed by atoms with Gasteiger partial charge in [0.25, 0.3) is 5.56 Å². The molecule has 0 saturated carbocycles. The van der Waals surface area contributed by atoms with Crippen molar-refractivity contribution in [2.45, 2.75) is 65.5 Å². The minimum atomic E-state index is -0.436. The molecule has 2 aromatic rings. The number of hydrogen-bond acceptors (Lipinski definition) is 5. The fourth-order valence-corrected chi connectivity index (χ4v) is 4.32. The number of nitrogens with zero attached hydrogens (tertiary/aromatic N) is 1. The largest absolute Gasteiger partial charge is 0.465 e. The first kappa shape index (κ1) is 25.2. The number of nitrogens with one attached hydrogen (secondary N) is 1. The number of carbonyl (C=O) groups is 1. The van der Waals surface area contributed by atoms with Crippen LogP contribution in [0.15, 0.2) is 46.3 Å². The maximum absolute atomic E-state index is 12.5. The normalized spacial score (nSPS) is 11.8. The first-order chi connectivity index (χ1) is 14.7. The Hall–Kier alpha value is -2.08. The van der Waals surface area contributed by atoms with Crippen molar-refractivity contribution in [3.05, 3.63) is 46.8 Å². The highest BCUT2D eigenvalue weighted by Gasteiger charge is 2.41. The number of aromatic amines is 1. The zero-order valence-corrected chi connectivity index (χ0v) is 20.3. The van der Waals surface area contributed by atoms with Crippen molar-refractivity contribution in [3.8, 4) is 11.3 Å². The van der Waals surface area contributed by atoms with Gasteiger partial charge in [0.05, 0.1) is 17.7 Å². The Balaban J connectivity index is 1.69. The van der Waals surface area contributed by atoms with Crippen molar-refractivity contribution in [3.63, 3.8) is 0 Å². The number of thioether (sulfide) groups is 1. The summed E-state index contributed by atoms with van der Waals surface area (Å²) < 4.78 is 5.58. The molecule has 31 heavy (non-hydrogen) atoms. The van der Waals surface area contributed by atoms with Gasteiger partial charge < -0.3 is 9.72 Å². The zero-order valence-electron chi connectivity index (χ0n) is 19.4. The molecule has 0 atom stereocenters. The van der Waals surface area contributed by atoms with Crippen LogP contribution >= 0.6 is 11.8 Å². The second-order valence-electron chi connectivity index (χ2n) is 8.79. The molecule has 0 spiro atoms. The number of hydrogen-bond donors (Lipinski definition) is 1. The number of ether oxygens (including phenoxy) is 1. The molecule has 0 amide bonds. The Morgan fingerprint density at radius 1 is 1.06 bits per heavy atom. The lowest BCUT2D eigenvalue weighted by atomic mass is 9.70. The second kappa shape index (κ2) is 12.1. The summed E-state index contributed by atoms with van der Waals surface area (Å²) >= 11 is 1.57. The summed E-state index contributed by atoms with van der Waals surface area (Å²) in [5, 5.41) is 0.655. The van der Waals surface area contributed by atoms with Gasteiger partial charge in [0.2, 0.25) is 0 Å². The molecule has 0 bridgehead atoms. The van der Waals surface area contributed by atoms with Crippen LogP contribution in [0.25, 0.3) is 11.3 Å². The van der Waals surface area contributed by atoms with E-state index in [1.165, 1.54) is 6.07 Å². The van der Waals surface area contributed by atoms with E-state index in [0.29, 0.717) is 17.5 Å². The lowest BCUT2D eigenvalue weighted by Crippen LogP contribution is -2.39. The van der Waals surface area contributed by atoms with E-state index in [-0.39, 0.29) is 23.4 Å². The van der Waals surface area contributed by atoms with Crippen molar-refractivity contribution in [1.82, 2.24) is 9.97 Å². The van der Waals surface area contributed by atoms with Gasteiger partial charge in [-0.2, -0.15) is 0 Å². The minimum Gasteiger partial charge on any atom is -0.465 e. The molecule has 170 valence electrons. The molecule has 1 N–H and O–H groups in total. The van der Waals surface area contributed by atoms with Gasteiger partial charge in [-0.15, -0.1) is 0 Å². The van der Waals surface area contributed by atoms with E-state index in [2.05, 4.69) is 37.7 Å². The SMILES string of the molecule is CC(C)C(C)(C(=O)OCCCCCCSc1nc(-c2ccccc2)cc(=O)[nH]1)C(C)C. The number of aromatic nitrogens is 2. The van der Waals surface area contributed by atoms with E-state index >= 15 is 0 Å². The molecule has 2 rings (SSSR count). The van der Waals surface area contributed by atoms with Gasteiger partial charge >= 0.3 is 5.97 Å². The Morgan fingerprint density at radius 3 is 2.35 bits per heavy atom. The molecule has 5 nitrogen and oxygen atoms in total. The number of carbonyl (C=O) groups excluding carboxylic acids is 1. The van der Waals surface area contributed by atoms with Crippen LogP contribution in [-0.4, -0.2) is 28.3 Å².